The molecule has 0 saturated carbocycles. The van der Waals surface area contributed by atoms with E-state index in [9.17, 15) is 18.4 Å². The van der Waals surface area contributed by atoms with Gasteiger partial charge in [0.15, 0.2) is 0 Å². The Morgan fingerprint density at radius 2 is 1.92 bits per heavy atom. The molecule has 2 amide bonds. The summed E-state index contributed by atoms with van der Waals surface area (Å²) in [5.41, 5.74) is -0.464. The summed E-state index contributed by atoms with van der Waals surface area (Å²) >= 11 is 1.39. The quantitative estimate of drug-likeness (QED) is 0.737. The fraction of sp³-hybridized carbons (Fsp3) is 0.529. The summed E-state index contributed by atoms with van der Waals surface area (Å²) in [4.78, 5) is 26.1. The molecule has 0 aliphatic carbocycles. The minimum absolute atomic E-state index is 0.171. The van der Waals surface area contributed by atoms with Crippen LogP contribution in [0.2, 0.25) is 0 Å². The number of hydrogen-bond donors (Lipinski definition) is 2. The van der Waals surface area contributed by atoms with Gasteiger partial charge in [-0.25, -0.2) is 8.78 Å². The van der Waals surface area contributed by atoms with E-state index < -0.39 is 23.4 Å². The number of amides is 2. The van der Waals surface area contributed by atoms with Crippen molar-refractivity contribution in [3.05, 3.63) is 29.3 Å². The predicted molar refractivity (Wildman–Crippen MR) is 96.0 cm³/mol. The highest BCUT2D eigenvalue weighted by Gasteiger charge is 2.18. The lowest BCUT2D eigenvalue weighted by molar-refractivity contribution is -0.113. The van der Waals surface area contributed by atoms with Gasteiger partial charge in [-0.15, -0.1) is 0 Å². The van der Waals surface area contributed by atoms with Crippen LogP contribution in [0.15, 0.2) is 12.1 Å². The summed E-state index contributed by atoms with van der Waals surface area (Å²) in [5.74, 6) is -1.93. The minimum atomic E-state index is -0.947. The number of carbonyl (C=O) groups is 2. The third-order valence-electron chi connectivity index (χ3n) is 3.92. The highest BCUT2D eigenvalue weighted by molar-refractivity contribution is 7.99. The van der Waals surface area contributed by atoms with Crippen LogP contribution in [-0.2, 0) is 4.79 Å². The number of benzene rings is 1. The zero-order valence-corrected chi connectivity index (χ0v) is 15.1. The van der Waals surface area contributed by atoms with E-state index in [0.29, 0.717) is 19.2 Å². The largest absolute Gasteiger partial charge is 0.351 e. The maximum Gasteiger partial charge on any atom is 0.254 e. The molecule has 8 heteroatoms. The molecular formula is C17H23F2N3O2S. The molecule has 138 valence electrons. The van der Waals surface area contributed by atoms with Gasteiger partial charge in [0.1, 0.15) is 11.6 Å². The first kappa shape index (κ1) is 19.7. The van der Waals surface area contributed by atoms with Crippen molar-refractivity contribution >= 4 is 29.3 Å². The normalized spacial score (nSPS) is 14.5. The molecule has 0 radical (unpaired) electrons. The Kier molecular flexibility index (Phi) is 7.64. The molecule has 5 nitrogen and oxygen atoms in total. The number of halogens is 2. The molecule has 0 bridgehead atoms. The second-order valence-electron chi connectivity index (χ2n) is 5.80. The summed E-state index contributed by atoms with van der Waals surface area (Å²) in [7, 11) is 0. The lowest BCUT2D eigenvalue weighted by Gasteiger charge is -2.15. The van der Waals surface area contributed by atoms with E-state index in [1.54, 1.807) is 0 Å². The van der Waals surface area contributed by atoms with Gasteiger partial charge in [-0.1, -0.05) is 6.92 Å². The van der Waals surface area contributed by atoms with Crippen LogP contribution in [0.3, 0.4) is 0 Å². The molecule has 25 heavy (non-hydrogen) atoms. The molecule has 1 aliphatic rings. The second-order valence-corrected chi connectivity index (χ2v) is 7.08. The summed E-state index contributed by atoms with van der Waals surface area (Å²) in [6, 6.07) is 1.67. The van der Waals surface area contributed by atoms with Gasteiger partial charge < -0.3 is 15.5 Å². The molecule has 0 atom stereocenters. The lowest BCUT2D eigenvalue weighted by Crippen LogP contribution is -2.34. The molecule has 1 saturated heterocycles. The van der Waals surface area contributed by atoms with Crippen molar-refractivity contribution in [2.45, 2.75) is 19.8 Å². The van der Waals surface area contributed by atoms with Crippen molar-refractivity contribution in [1.82, 2.24) is 10.2 Å². The van der Waals surface area contributed by atoms with Gasteiger partial charge >= 0.3 is 0 Å². The molecule has 2 rings (SSSR count). The van der Waals surface area contributed by atoms with Gasteiger partial charge in [-0.2, -0.15) is 11.8 Å². The molecule has 1 fully saturated rings. The van der Waals surface area contributed by atoms with E-state index in [1.807, 2.05) is 6.92 Å². The Hall–Kier alpha value is -1.67. The summed E-state index contributed by atoms with van der Waals surface area (Å²) in [6.07, 6.45) is 2.31. The smallest absolute Gasteiger partial charge is 0.254 e. The number of rotatable bonds is 8. The molecule has 2 N–H and O–H groups in total. The molecule has 1 aromatic carbocycles. The van der Waals surface area contributed by atoms with Crippen LogP contribution in [0.5, 0.6) is 0 Å². The minimum Gasteiger partial charge on any atom is -0.351 e. The maximum absolute atomic E-state index is 13.9. The Morgan fingerprint density at radius 3 is 2.60 bits per heavy atom. The van der Waals surface area contributed by atoms with E-state index in [2.05, 4.69) is 15.5 Å². The molecule has 1 aromatic rings. The lowest BCUT2D eigenvalue weighted by atomic mass is 10.1. The zero-order chi connectivity index (χ0) is 18.2. The second kappa shape index (κ2) is 9.72. The number of nitrogens with zero attached hydrogens (tertiary/aromatic N) is 1. The number of thioether (sulfide) groups is 1. The van der Waals surface area contributed by atoms with E-state index in [4.69, 9.17) is 0 Å². The van der Waals surface area contributed by atoms with Crippen LogP contribution in [0, 0.1) is 11.6 Å². The Labute approximate surface area is 150 Å². The number of carbonyl (C=O) groups excluding carboxylic acids is 2. The van der Waals surface area contributed by atoms with Crippen molar-refractivity contribution in [3.63, 3.8) is 0 Å². The van der Waals surface area contributed by atoms with Crippen molar-refractivity contribution in [2.75, 3.05) is 43.0 Å². The summed E-state index contributed by atoms with van der Waals surface area (Å²) in [5, 5.41) is 5.02. The van der Waals surface area contributed by atoms with Crippen LogP contribution >= 0.6 is 11.8 Å². The van der Waals surface area contributed by atoms with Gasteiger partial charge in [0, 0.05) is 19.2 Å². The van der Waals surface area contributed by atoms with Crippen LogP contribution in [0.4, 0.5) is 14.5 Å². The van der Waals surface area contributed by atoms with E-state index in [0.717, 1.165) is 37.8 Å². The highest BCUT2D eigenvalue weighted by Crippen LogP contribution is 2.20. The Bertz CT molecular complexity index is 622. The van der Waals surface area contributed by atoms with Crippen LogP contribution in [0.1, 0.15) is 30.1 Å². The van der Waals surface area contributed by atoms with Gasteiger partial charge in [0.05, 0.1) is 17.0 Å². The van der Waals surface area contributed by atoms with Crippen LogP contribution in [0.25, 0.3) is 0 Å². The number of nitrogens with one attached hydrogen (secondary N) is 2. The average molecular weight is 371 g/mol. The zero-order valence-electron chi connectivity index (χ0n) is 14.2. The van der Waals surface area contributed by atoms with E-state index in [1.165, 1.54) is 11.8 Å². The highest BCUT2D eigenvalue weighted by atomic mass is 32.2. The van der Waals surface area contributed by atoms with Gasteiger partial charge in [0.25, 0.3) is 5.91 Å². The Morgan fingerprint density at radius 1 is 1.20 bits per heavy atom. The van der Waals surface area contributed by atoms with E-state index >= 15 is 0 Å². The van der Waals surface area contributed by atoms with Crippen molar-refractivity contribution < 1.29 is 18.4 Å². The van der Waals surface area contributed by atoms with Gasteiger partial charge in [0.2, 0.25) is 5.91 Å². The first-order valence-corrected chi connectivity index (χ1v) is 9.54. The summed E-state index contributed by atoms with van der Waals surface area (Å²) < 4.78 is 27.8. The molecule has 0 spiro atoms. The third kappa shape index (κ3) is 5.97. The molecule has 1 aliphatic heterocycles. The summed E-state index contributed by atoms with van der Waals surface area (Å²) in [6.45, 7) is 5.01. The number of likely N-dealkylation sites (tertiary alicyclic amines) is 1. The van der Waals surface area contributed by atoms with Crippen molar-refractivity contribution in [3.8, 4) is 0 Å². The van der Waals surface area contributed by atoms with E-state index in [-0.39, 0.29) is 17.0 Å². The molecule has 0 aromatic heterocycles. The Balaban J connectivity index is 1.97. The number of anilines is 1. The average Bonchev–Trinajstić information content (AvgIpc) is 3.08. The van der Waals surface area contributed by atoms with Gasteiger partial charge in [-0.05, 0) is 37.8 Å². The molecule has 1 heterocycles. The first-order valence-electron chi connectivity index (χ1n) is 8.38. The predicted octanol–water partition coefficient (Wildman–Crippen LogP) is 2.48. The third-order valence-corrected chi connectivity index (χ3v) is 4.80. The SMILES string of the molecule is CCSCC(=O)Nc1cc(C(=O)NCCN2CCCC2)c(F)cc1F. The number of hydrogen-bond acceptors (Lipinski definition) is 4. The molecule has 0 unspecified atom stereocenters. The molecular weight excluding hydrogens is 348 g/mol. The standard InChI is InChI=1S/C17H23F2N3O2S/c1-2-25-11-16(23)21-15-9-12(13(18)10-14(15)19)17(24)20-5-8-22-6-3-4-7-22/h9-10H,2-8,11H2,1H3,(H,20,24)(H,21,23). The van der Waals surface area contributed by atoms with Crippen molar-refractivity contribution in [2.24, 2.45) is 0 Å². The topological polar surface area (TPSA) is 61.4 Å². The maximum atomic E-state index is 13.9. The fourth-order valence-electron chi connectivity index (χ4n) is 2.63. The van der Waals surface area contributed by atoms with Crippen molar-refractivity contribution in [1.29, 1.82) is 0 Å². The van der Waals surface area contributed by atoms with Crippen LogP contribution < -0.4 is 10.6 Å². The van der Waals surface area contributed by atoms with Crippen LogP contribution in [-0.4, -0.2) is 54.4 Å². The first-order chi connectivity index (χ1) is 12.0. The fourth-order valence-corrected chi connectivity index (χ4v) is 3.09. The van der Waals surface area contributed by atoms with Gasteiger partial charge in [-0.3, -0.25) is 9.59 Å². The monoisotopic (exact) mass is 371 g/mol.